The number of hydrogen-bond donors (Lipinski definition) is 3. The normalized spacial score (nSPS) is 12.3. The summed E-state index contributed by atoms with van der Waals surface area (Å²) in [5, 5.41) is 17.7. The van der Waals surface area contributed by atoms with Crippen LogP contribution in [0.2, 0.25) is 0 Å². The number of nitrogens with one attached hydrogen (secondary N) is 3. The van der Waals surface area contributed by atoms with Crippen LogP contribution in [0, 0.1) is 0 Å². The molecule has 1 amide bonds. The van der Waals surface area contributed by atoms with Gasteiger partial charge in [0, 0.05) is 32.8 Å². The Morgan fingerprint density at radius 1 is 1.17 bits per heavy atom. The second kappa shape index (κ2) is 10.6. The zero-order valence-electron chi connectivity index (χ0n) is 17.9. The summed E-state index contributed by atoms with van der Waals surface area (Å²) in [5.41, 5.74) is -0.213. The number of amides is 1. The number of alkyl carbamates (subject to hydrolysis) is 1. The number of nitrogens with zero attached hydrogens (tertiary/aromatic N) is 4. The van der Waals surface area contributed by atoms with Crippen LogP contribution in [0.15, 0.2) is 29.4 Å². The third-order valence-corrected chi connectivity index (χ3v) is 3.79. The maximum Gasteiger partial charge on any atom is 0.408 e. The third kappa shape index (κ3) is 8.42. The minimum atomic E-state index is -0.531. The average molecular weight is 517 g/mol. The van der Waals surface area contributed by atoms with Crippen molar-refractivity contribution in [1.29, 1.82) is 0 Å². The Labute approximate surface area is 189 Å². The minimum absolute atomic E-state index is 0. The first-order valence-electron chi connectivity index (χ1n) is 9.34. The summed E-state index contributed by atoms with van der Waals surface area (Å²) in [6, 6.07) is 5.81. The van der Waals surface area contributed by atoms with Crippen LogP contribution >= 0.6 is 24.0 Å². The van der Waals surface area contributed by atoms with E-state index in [2.05, 4.69) is 31.1 Å². The molecule has 9 nitrogen and oxygen atoms in total. The monoisotopic (exact) mass is 517 g/mol. The molecule has 29 heavy (non-hydrogen) atoms. The molecule has 0 fully saturated rings. The highest BCUT2D eigenvalue weighted by Crippen LogP contribution is 2.09. The second-order valence-electron chi connectivity index (χ2n) is 8.16. The molecular formula is C19H32IN7O2. The Morgan fingerprint density at radius 2 is 1.90 bits per heavy atom. The predicted octanol–water partition coefficient (Wildman–Crippen LogP) is 2.36. The van der Waals surface area contributed by atoms with Crippen molar-refractivity contribution < 1.29 is 9.53 Å². The Kier molecular flexibility index (Phi) is 9.12. The summed E-state index contributed by atoms with van der Waals surface area (Å²) >= 11 is 0. The van der Waals surface area contributed by atoms with Gasteiger partial charge in [-0.25, -0.2) is 4.79 Å². The Bertz CT molecular complexity index is 827. The van der Waals surface area contributed by atoms with Gasteiger partial charge in [0.2, 0.25) is 0 Å². The van der Waals surface area contributed by atoms with Crippen LogP contribution in [-0.2, 0) is 11.2 Å². The van der Waals surface area contributed by atoms with Gasteiger partial charge in [-0.1, -0.05) is 6.07 Å². The fourth-order valence-electron chi connectivity index (χ4n) is 2.50. The highest BCUT2D eigenvalue weighted by atomic mass is 127. The standard InChI is InChI=1S/C19H31N7O2.HI/c1-18(2,3)28-17(27)23-19(4,5)13-22-16(20-6)21-11-10-15-25-24-14-9-7-8-12-26(14)15;/h7-9,12H,10-11,13H2,1-6H3,(H,23,27)(H2,20,21,22);1H. The molecule has 0 aliphatic rings. The molecule has 10 heteroatoms. The van der Waals surface area contributed by atoms with Gasteiger partial charge in [-0.3, -0.25) is 9.39 Å². The van der Waals surface area contributed by atoms with Crippen molar-refractivity contribution in [2.45, 2.75) is 52.2 Å². The molecule has 0 saturated heterocycles. The van der Waals surface area contributed by atoms with Gasteiger partial charge in [-0.2, -0.15) is 0 Å². The summed E-state index contributed by atoms with van der Waals surface area (Å²) < 4.78 is 7.27. The van der Waals surface area contributed by atoms with Crippen LogP contribution in [0.25, 0.3) is 5.65 Å². The summed E-state index contributed by atoms with van der Waals surface area (Å²) in [7, 11) is 1.70. The molecular weight excluding hydrogens is 485 g/mol. The van der Waals surface area contributed by atoms with Gasteiger partial charge in [-0.15, -0.1) is 34.2 Å². The molecule has 3 N–H and O–H groups in total. The minimum Gasteiger partial charge on any atom is -0.444 e. The smallest absolute Gasteiger partial charge is 0.408 e. The van der Waals surface area contributed by atoms with E-state index in [-0.39, 0.29) is 24.0 Å². The molecule has 0 spiro atoms. The molecule has 0 bridgehead atoms. The molecule has 0 unspecified atom stereocenters. The molecule has 2 aromatic heterocycles. The van der Waals surface area contributed by atoms with Crippen molar-refractivity contribution in [3.63, 3.8) is 0 Å². The number of rotatable bonds is 6. The topological polar surface area (TPSA) is 105 Å². The van der Waals surface area contributed by atoms with Gasteiger partial charge >= 0.3 is 6.09 Å². The number of pyridine rings is 1. The molecule has 2 rings (SSSR count). The number of halogens is 1. The first kappa shape index (κ1) is 24.9. The zero-order valence-corrected chi connectivity index (χ0v) is 20.3. The molecule has 0 aromatic carbocycles. The highest BCUT2D eigenvalue weighted by Gasteiger charge is 2.24. The van der Waals surface area contributed by atoms with Crippen LogP contribution in [-0.4, -0.2) is 57.9 Å². The van der Waals surface area contributed by atoms with Crippen molar-refractivity contribution in [2.75, 3.05) is 20.1 Å². The van der Waals surface area contributed by atoms with E-state index < -0.39 is 17.2 Å². The largest absolute Gasteiger partial charge is 0.444 e. The molecule has 0 atom stereocenters. The average Bonchev–Trinajstić information content (AvgIpc) is 2.99. The van der Waals surface area contributed by atoms with Gasteiger partial charge < -0.3 is 20.7 Å². The molecule has 2 heterocycles. The van der Waals surface area contributed by atoms with E-state index in [0.29, 0.717) is 25.5 Å². The second-order valence-corrected chi connectivity index (χ2v) is 8.16. The van der Waals surface area contributed by atoms with Gasteiger partial charge in [-0.05, 0) is 46.8 Å². The van der Waals surface area contributed by atoms with Gasteiger partial charge in [0.05, 0.1) is 5.54 Å². The number of carbonyl (C=O) groups excluding carboxylic acids is 1. The number of aromatic nitrogens is 3. The van der Waals surface area contributed by atoms with Crippen LogP contribution in [0.3, 0.4) is 0 Å². The summed E-state index contributed by atoms with van der Waals surface area (Å²) in [6.07, 6.45) is 2.20. The first-order chi connectivity index (χ1) is 13.1. The molecule has 0 radical (unpaired) electrons. The van der Waals surface area contributed by atoms with Crippen LogP contribution in [0.5, 0.6) is 0 Å². The van der Waals surface area contributed by atoms with Crippen molar-refractivity contribution in [3.8, 4) is 0 Å². The highest BCUT2D eigenvalue weighted by molar-refractivity contribution is 14.0. The lowest BCUT2D eigenvalue weighted by Gasteiger charge is -2.29. The quantitative estimate of drug-likeness (QED) is 0.309. The van der Waals surface area contributed by atoms with Crippen molar-refractivity contribution in [3.05, 3.63) is 30.2 Å². The number of guanidine groups is 1. The number of carbonyl (C=O) groups is 1. The van der Waals surface area contributed by atoms with Crippen LogP contribution < -0.4 is 16.0 Å². The zero-order chi connectivity index (χ0) is 20.8. The Balaban J connectivity index is 0.00000420. The van der Waals surface area contributed by atoms with Crippen molar-refractivity contribution in [2.24, 2.45) is 4.99 Å². The van der Waals surface area contributed by atoms with E-state index in [0.717, 1.165) is 11.5 Å². The molecule has 0 aliphatic carbocycles. The number of ether oxygens (including phenoxy) is 1. The SMILES string of the molecule is CN=C(NCCc1nnc2ccccn12)NCC(C)(C)NC(=O)OC(C)(C)C.I. The van der Waals surface area contributed by atoms with E-state index in [1.54, 1.807) is 7.05 Å². The first-order valence-corrected chi connectivity index (χ1v) is 9.34. The van der Waals surface area contributed by atoms with E-state index in [1.807, 2.05) is 63.4 Å². The Hall–Kier alpha value is -2.11. The van der Waals surface area contributed by atoms with Crippen molar-refractivity contribution in [1.82, 2.24) is 30.5 Å². The van der Waals surface area contributed by atoms with Crippen LogP contribution in [0.4, 0.5) is 4.79 Å². The predicted molar refractivity (Wildman–Crippen MR) is 125 cm³/mol. The summed E-state index contributed by atoms with van der Waals surface area (Å²) in [5.74, 6) is 1.53. The van der Waals surface area contributed by atoms with Crippen molar-refractivity contribution >= 4 is 41.7 Å². The lowest BCUT2D eigenvalue weighted by atomic mass is 10.1. The van der Waals surface area contributed by atoms with Gasteiger partial charge in [0.25, 0.3) is 0 Å². The molecule has 162 valence electrons. The van der Waals surface area contributed by atoms with Gasteiger partial charge in [0.1, 0.15) is 11.4 Å². The molecule has 2 aromatic rings. The fourth-order valence-corrected chi connectivity index (χ4v) is 2.50. The van der Waals surface area contributed by atoms with E-state index >= 15 is 0 Å². The molecule has 0 aliphatic heterocycles. The lowest BCUT2D eigenvalue weighted by molar-refractivity contribution is 0.0474. The summed E-state index contributed by atoms with van der Waals surface area (Å²) in [6.45, 7) is 10.5. The third-order valence-electron chi connectivity index (χ3n) is 3.79. The summed E-state index contributed by atoms with van der Waals surface area (Å²) in [4.78, 5) is 16.2. The van der Waals surface area contributed by atoms with E-state index in [9.17, 15) is 4.79 Å². The number of fused-ring (bicyclic) bond motifs is 1. The van der Waals surface area contributed by atoms with E-state index in [4.69, 9.17) is 4.74 Å². The van der Waals surface area contributed by atoms with Crippen LogP contribution in [0.1, 0.15) is 40.4 Å². The number of aliphatic imine (C=N–C) groups is 1. The van der Waals surface area contributed by atoms with E-state index in [1.165, 1.54) is 0 Å². The maximum atomic E-state index is 12.0. The van der Waals surface area contributed by atoms with Gasteiger partial charge in [0.15, 0.2) is 11.6 Å². The fraction of sp³-hybridized carbons (Fsp3) is 0.579. The maximum absolute atomic E-state index is 12.0. The lowest BCUT2D eigenvalue weighted by Crippen LogP contribution is -2.54. The number of hydrogen-bond acceptors (Lipinski definition) is 5. The Morgan fingerprint density at radius 3 is 2.55 bits per heavy atom. The molecule has 0 saturated carbocycles.